The van der Waals surface area contributed by atoms with E-state index < -0.39 is 0 Å². The molecule has 0 unspecified atom stereocenters. The first kappa shape index (κ1) is 19.3. The lowest BCUT2D eigenvalue weighted by Crippen LogP contribution is -2.04. The van der Waals surface area contributed by atoms with Gasteiger partial charge in [0.25, 0.3) is 0 Å². The number of nitrogens with zero attached hydrogens (tertiary/aromatic N) is 2. The third-order valence-corrected chi connectivity index (χ3v) is 5.65. The summed E-state index contributed by atoms with van der Waals surface area (Å²) in [5.41, 5.74) is 4.73. The van der Waals surface area contributed by atoms with E-state index in [0.29, 0.717) is 18.7 Å². The van der Waals surface area contributed by atoms with Crippen molar-refractivity contribution >= 4 is 28.8 Å². The second-order valence-corrected chi connectivity index (χ2v) is 7.70. The molecule has 0 bridgehead atoms. The molecule has 2 aromatic heterocycles. The number of imidazole rings is 1. The van der Waals surface area contributed by atoms with Gasteiger partial charge in [0, 0.05) is 5.75 Å². The Bertz CT molecular complexity index is 1120. The molecule has 0 aliphatic rings. The minimum atomic E-state index is -0.330. The molecule has 0 saturated heterocycles. The average molecular weight is 407 g/mol. The first-order chi connectivity index (χ1) is 14.1. The summed E-state index contributed by atoms with van der Waals surface area (Å²) in [4.78, 5) is 16.9. The molecule has 4 aromatic rings. The summed E-state index contributed by atoms with van der Waals surface area (Å²) in [6, 6.07) is 17.9. The van der Waals surface area contributed by atoms with Crippen molar-refractivity contribution in [3.05, 3.63) is 83.3 Å². The monoisotopic (exact) mass is 406 g/mol. The van der Waals surface area contributed by atoms with Crippen LogP contribution >= 0.6 is 11.8 Å². The Morgan fingerprint density at radius 2 is 2.00 bits per heavy atom. The standard InChI is InChI=1S/C23H22N2O3S/c1-3-27-22(26)18-10-11-21-20(13-18)24-23(25(21)14-19-5-4-12-28-19)29-15-17-8-6-16(2)7-9-17/h4-13H,3,14-15H2,1-2H3. The highest BCUT2D eigenvalue weighted by molar-refractivity contribution is 7.98. The maximum atomic E-state index is 12.1. The molecule has 0 N–H and O–H groups in total. The van der Waals surface area contributed by atoms with Crippen LogP contribution in [0.15, 0.2) is 70.4 Å². The van der Waals surface area contributed by atoms with Gasteiger partial charge in [-0.3, -0.25) is 0 Å². The van der Waals surface area contributed by atoms with Crippen molar-refractivity contribution in [1.82, 2.24) is 9.55 Å². The molecule has 5 nitrogen and oxygen atoms in total. The molecule has 0 fully saturated rings. The maximum Gasteiger partial charge on any atom is 0.338 e. The summed E-state index contributed by atoms with van der Waals surface area (Å²) in [6.07, 6.45) is 1.67. The predicted molar refractivity (Wildman–Crippen MR) is 114 cm³/mol. The number of carbonyl (C=O) groups excluding carboxylic acids is 1. The molecule has 6 heteroatoms. The van der Waals surface area contributed by atoms with Crippen LogP contribution in [0.3, 0.4) is 0 Å². The van der Waals surface area contributed by atoms with E-state index in [1.54, 1.807) is 37.1 Å². The van der Waals surface area contributed by atoms with Gasteiger partial charge in [-0.1, -0.05) is 41.6 Å². The van der Waals surface area contributed by atoms with Gasteiger partial charge in [-0.05, 0) is 49.7 Å². The number of carbonyl (C=O) groups is 1. The van der Waals surface area contributed by atoms with E-state index in [4.69, 9.17) is 14.1 Å². The summed E-state index contributed by atoms with van der Waals surface area (Å²) in [6.45, 7) is 4.81. The van der Waals surface area contributed by atoms with Crippen LogP contribution in [0.25, 0.3) is 11.0 Å². The second-order valence-electron chi connectivity index (χ2n) is 6.76. The zero-order valence-corrected chi connectivity index (χ0v) is 17.2. The number of fused-ring (bicyclic) bond motifs is 1. The fourth-order valence-electron chi connectivity index (χ4n) is 3.10. The molecule has 0 atom stereocenters. The van der Waals surface area contributed by atoms with Crippen LogP contribution in [0.2, 0.25) is 0 Å². The molecule has 0 spiro atoms. The quantitative estimate of drug-likeness (QED) is 0.301. The van der Waals surface area contributed by atoms with Crippen molar-refractivity contribution in [2.45, 2.75) is 31.3 Å². The Kier molecular flexibility index (Phi) is 5.71. The Labute approximate surface area is 173 Å². The van der Waals surface area contributed by atoms with Crippen molar-refractivity contribution in [2.75, 3.05) is 6.61 Å². The minimum Gasteiger partial charge on any atom is -0.467 e. The number of thioether (sulfide) groups is 1. The highest BCUT2D eigenvalue weighted by Crippen LogP contribution is 2.28. The fourth-order valence-corrected chi connectivity index (χ4v) is 4.07. The summed E-state index contributed by atoms with van der Waals surface area (Å²) >= 11 is 1.67. The van der Waals surface area contributed by atoms with Crippen molar-refractivity contribution < 1.29 is 13.9 Å². The third-order valence-electron chi connectivity index (χ3n) is 4.61. The number of hydrogen-bond acceptors (Lipinski definition) is 5. The minimum absolute atomic E-state index is 0.330. The number of furan rings is 1. The lowest BCUT2D eigenvalue weighted by molar-refractivity contribution is 0.0526. The van der Waals surface area contributed by atoms with E-state index in [2.05, 4.69) is 35.8 Å². The first-order valence-corrected chi connectivity index (χ1v) is 10.5. The van der Waals surface area contributed by atoms with Gasteiger partial charge in [0.15, 0.2) is 5.16 Å². The molecule has 148 valence electrons. The number of aromatic nitrogens is 2. The molecule has 29 heavy (non-hydrogen) atoms. The van der Waals surface area contributed by atoms with E-state index >= 15 is 0 Å². The SMILES string of the molecule is CCOC(=O)c1ccc2c(c1)nc(SCc1ccc(C)cc1)n2Cc1ccco1. The van der Waals surface area contributed by atoms with Crippen molar-refractivity contribution in [3.8, 4) is 0 Å². The van der Waals surface area contributed by atoms with Crippen LogP contribution < -0.4 is 0 Å². The number of esters is 1. The number of rotatable bonds is 7. The summed E-state index contributed by atoms with van der Waals surface area (Å²) in [7, 11) is 0. The molecule has 0 aliphatic heterocycles. The highest BCUT2D eigenvalue weighted by atomic mass is 32.2. The lowest BCUT2D eigenvalue weighted by atomic mass is 10.2. The summed E-state index contributed by atoms with van der Waals surface area (Å²) in [5.74, 6) is 1.34. The fraction of sp³-hybridized carbons (Fsp3) is 0.217. The van der Waals surface area contributed by atoms with Crippen LogP contribution in [-0.4, -0.2) is 22.1 Å². The van der Waals surface area contributed by atoms with Gasteiger partial charge < -0.3 is 13.7 Å². The zero-order chi connectivity index (χ0) is 20.2. The summed E-state index contributed by atoms with van der Waals surface area (Å²) < 4.78 is 12.8. The Morgan fingerprint density at radius 1 is 1.17 bits per heavy atom. The molecule has 2 heterocycles. The van der Waals surface area contributed by atoms with Gasteiger partial charge in [-0.25, -0.2) is 9.78 Å². The number of hydrogen-bond donors (Lipinski definition) is 0. The van der Waals surface area contributed by atoms with Crippen LogP contribution in [0.5, 0.6) is 0 Å². The molecule has 2 aromatic carbocycles. The van der Waals surface area contributed by atoms with Crippen molar-refractivity contribution in [1.29, 1.82) is 0 Å². The average Bonchev–Trinajstić information content (AvgIpc) is 3.36. The molecule has 0 amide bonds. The van der Waals surface area contributed by atoms with Gasteiger partial charge in [-0.2, -0.15) is 0 Å². The van der Waals surface area contributed by atoms with Gasteiger partial charge in [0.2, 0.25) is 0 Å². The lowest BCUT2D eigenvalue weighted by Gasteiger charge is -2.08. The van der Waals surface area contributed by atoms with Crippen molar-refractivity contribution in [2.24, 2.45) is 0 Å². The number of benzene rings is 2. The maximum absolute atomic E-state index is 12.1. The summed E-state index contributed by atoms with van der Waals surface area (Å²) in [5, 5.41) is 0.887. The number of ether oxygens (including phenoxy) is 1. The van der Waals surface area contributed by atoms with Gasteiger partial charge in [0.1, 0.15) is 5.76 Å². The Hall–Kier alpha value is -2.99. The van der Waals surface area contributed by atoms with E-state index in [1.807, 2.05) is 18.2 Å². The topological polar surface area (TPSA) is 57.3 Å². The van der Waals surface area contributed by atoms with Crippen LogP contribution in [0.4, 0.5) is 0 Å². The van der Waals surface area contributed by atoms with E-state index in [-0.39, 0.29) is 5.97 Å². The first-order valence-electron chi connectivity index (χ1n) is 9.52. The Balaban J connectivity index is 1.67. The normalized spacial score (nSPS) is 11.1. The molecule has 0 radical (unpaired) electrons. The largest absolute Gasteiger partial charge is 0.467 e. The highest BCUT2D eigenvalue weighted by Gasteiger charge is 2.16. The van der Waals surface area contributed by atoms with Gasteiger partial charge >= 0.3 is 5.97 Å². The zero-order valence-electron chi connectivity index (χ0n) is 16.4. The smallest absolute Gasteiger partial charge is 0.338 e. The molecular formula is C23H22N2O3S. The Morgan fingerprint density at radius 3 is 2.72 bits per heavy atom. The molecule has 0 saturated carbocycles. The second kappa shape index (κ2) is 8.57. The predicted octanol–water partition coefficient (Wildman–Crippen LogP) is 5.46. The molecular weight excluding hydrogens is 384 g/mol. The van der Waals surface area contributed by atoms with Crippen molar-refractivity contribution in [3.63, 3.8) is 0 Å². The number of aryl methyl sites for hydroxylation is 1. The van der Waals surface area contributed by atoms with Crippen LogP contribution in [0, 0.1) is 6.92 Å². The van der Waals surface area contributed by atoms with E-state index in [9.17, 15) is 4.79 Å². The molecule has 4 rings (SSSR count). The third kappa shape index (κ3) is 4.38. The van der Waals surface area contributed by atoms with E-state index in [1.165, 1.54) is 11.1 Å². The van der Waals surface area contributed by atoms with Crippen LogP contribution in [0.1, 0.15) is 34.2 Å². The van der Waals surface area contributed by atoms with Gasteiger partial charge in [-0.15, -0.1) is 0 Å². The van der Waals surface area contributed by atoms with E-state index in [0.717, 1.165) is 27.7 Å². The molecule has 0 aliphatic carbocycles. The van der Waals surface area contributed by atoms with Crippen LogP contribution in [-0.2, 0) is 17.0 Å². The van der Waals surface area contributed by atoms with Gasteiger partial charge in [0.05, 0.1) is 36.0 Å².